The first-order valence-corrected chi connectivity index (χ1v) is 9.47. The average molecular weight is 387 g/mol. The summed E-state index contributed by atoms with van der Waals surface area (Å²) in [6, 6.07) is 26.3. The van der Waals surface area contributed by atoms with Crippen LogP contribution in [0.5, 0.6) is 5.75 Å². The van der Waals surface area contributed by atoms with Gasteiger partial charge in [0.2, 0.25) is 5.90 Å². The Labute approximate surface area is 169 Å². The van der Waals surface area contributed by atoms with Crippen LogP contribution in [0.25, 0.3) is 0 Å². The molecule has 0 amide bonds. The molecule has 0 aromatic heterocycles. The van der Waals surface area contributed by atoms with E-state index in [1.807, 2.05) is 84.9 Å². The number of hydrogen-bond donors (Lipinski definition) is 0. The quantitative estimate of drug-likeness (QED) is 0.572. The normalized spacial score (nSPS) is 15.3. The van der Waals surface area contributed by atoms with Crippen LogP contribution in [0.15, 0.2) is 89.9 Å². The molecule has 29 heavy (non-hydrogen) atoms. The lowest BCUT2D eigenvalue weighted by Crippen LogP contribution is -2.22. The highest BCUT2D eigenvalue weighted by atomic mass is 16.5. The van der Waals surface area contributed by atoms with Gasteiger partial charge in [-0.3, -0.25) is 0 Å². The fourth-order valence-corrected chi connectivity index (χ4v) is 2.97. The lowest BCUT2D eigenvalue weighted by Gasteiger charge is -2.11. The van der Waals surface area contributed by atoms with E-state index >= 15 is 0 Å². The summed E-state index contributed by atoms with van der Waals surface area (Å²) in [6.45, 7) is 0.821. The smallest absolute Gasteiger partial charge is 0.334 e. The Morgan fingerprint density at radius 1 is 0.862 bits per heavy atom. The van der Waals surface area contributed by atoms with Gasteiger partial charge in [0, 0.05) is 0 Å². The molecule has 1 aliphatic heterocycles. The van der Waals surface area contributed by atoms with E-state index in [1.165, 1.54) is 0 Å². The van der Waals surface area contributed by atoms with Crippen LogP contribution in [0.1, 0.15) is 16.7 Å². The van der Waals surface area contributed by atoms with Crippen molar-refractivity contribution in [3.05, 3.63) is 102 Å². The Kier molecular flexibility index (Phi) is 5.86. The first-order valence-electron chi connectivity index (χ1n) is 9.47. The highest BCUT2D eigenvalue weighted by molar-refractivity contribution is 5.99. The minimum Gasteiger partial charge on any atom is -0.488 e. The number of hydrogen-bond acceptors (Lipinski definition) is 5. The molecule has 0 fully saturated rings. The van der Waals surface area contributed by atoms with Crippen molar-refractivity contribution in [3.63, 3.8) is 0 Å². The third-order valence-corrected chi connectivity index (χ3v) is 4.50. The van der Waals surface area contributed by atoms with Gasteiger partial charge in [-0.1, -0.05) is 72.8 Å². The minimum absolute atomic E-state index is 0.163. The Morgan fingerprint density at radius 2 is 1.48 bits per heavy atom. The van der Waals surface area contributed by atoms with Gasteiger partial charge in [-0.2, -0.15) is 0 Å². The highest BCUT2D eigenvalue weighted by Crippen LogP contribution is 2.24. The van der Waals surface area contributed by atoms with Crippen molar-refractivity contribution in [2.75, 3.05) is 6.61 Å². The molecule has 1 atom stereocenters. The summed E-state index contributed by atoms with van der Waals surface area (Å²) in [5.41, 5.74) is 2.73. The van der Waals surface area contributed by atoms with Gasteiger partial charge in [0.25, 0.3) is 0 Å². The van der Waals surface area contributed by atoms with Gasteiger partial charge < -0.3 is 14.2 Å². The summed E-state index contributed by atoms with van der Waals surface area (Å²) in [5, 5.41) is 0. The van der Waals surface area contributed by atoms with E-state index in [9.17, 15) is 4.79 Å². The largest absolute Gasteiger partial charge is 0.488 e. The number of carbonyl (C=O) groups is 1. The zero-order chi connectivity index (χ0) is 19.9. The van der Waals surface area contributed by atoms with Gasteiger partial charge >= 0.3 is 5.97 Å². The third-order valence-electron chi connectivity index (χ3n) is 4.50. The molecule has 3 aromatic rings. The van der Waals surface area contributed by atoms with Crippen LogP contribution in [0.4, 0.5) is 0 Å². The van der Waals surface area contributed by atoms with E-state index in [1.54, 1.807) is 0 Å². The molecular formula is C24H21NO4. The lowest BCUT2D eigenvalue weighted by molar-refractivity contribution is -0.146. The molecule has 0 saturated carbocycles. The lowest BCUT2D eigenvalue weighted by atomic mass is 10.2. The predicted molar refractivity (Wildman–Crippen MR) is 110 cm³/mol. The molecule has 3 aromatic carbocycles. The zero-order valence-electron chi connectivity index (χ0n) is 15.9. The van der Waals surface area contributed by atoms with E-state index in [0.717, 1.165) is 16.7 Å². The molecule has 5 heteroatoms. The zero-order valence-corrected chi connectivity index (χ0v) is 15.9. The number of carbonyl (C=O) groups excluding carboxylic acids is 1. The van der Waals surface area contributed by atoms with Gasteiger partial charge in [0.15, 0.2) is 6.04 Å². The number of para-hydroxylation sites is 1. The fourth-order valence-electron chi connectivity index (χ4n) is 2.97. The predicted octanol–water partition coefficient (Wildman–Crippen LogP) is 4.15. The van der Waals surface area contributed by atoms with E-state index in [2.05, 4.69) is 4.99 Å². The molecule has 0 N–H and O–H groups in total. The number of nitrogens with zero attached hydrogens (tertiary/aromatic N) is 1. The van der Waals surface area contributed by atoms with Crippen LogP contribution in [0.2, 0.25) is 0 Å². The van der Waals surface area contributed by atoms with E-state index in [4.69, 9.17) is 14.2 Å². The number of benzene rings is 3. The molecule has 4 rings (SSSR count). The van der Waals surface area contributed by atoms with Crippen LogP contribution < -0.4 is 4.74 Å². The second kappa shape index (κ2) is 9.06. The van der Waals surface area contributed by atoms with Crippen molar-refractivity contribution >= 4 is 11.9 Å². The molecule has 1 heterocycles. The number of rotatable bonds is 7. The maximum Gasteiger partial charge on any atom is 0.334 e. The third kappa shape index (κ3) is 4.82. The standard InChI is InChI=1S/C24H21NO4/c26-24(29-16-19-11-5-2-6-12-19)21-17-28-23(25-21)20-13-7-8-14-22(20)27-15-18-9-3-1-4-10-18/h1-14,21H,15-17H2/t21-/m0/s1. The summed E-state index contributed by atoms with van der Waals surface area (Å²) in [7, 11) is 0. The van der Waals surface area contributed by atoms with Crippen LogP contribution in [-0.2, 0) is 27.5 Å². The van der Waals surface area contributed by atoms with Gasteiger partial charge in [0.1, 0.15) is 25.6 Å². The van der Waals surface area contributed by atoms with Crippen molar-refractivity contribution in [2.24, 2.45) is 4.99 Å². The van der Waals surface area contributed by atoms with Crippen molar-refractivity contribution in [1.82, 2.24) is 0 Å². The maximum absolute atomic E-state index is 12.4. The molecular weight excluding hydrogens is 366 g/mol. The van der Waals surface area contributed by atoms with Gasteiger partial charge in [-0.15, -0.1) is 0 Å². The molecule has 0 aliphatic carbocycles. The summed E-state index contributed by atoms with van der Waals surface area (Å²) in [5.74, 6) is 0.662. The van der Waals surface area contributed by atoms with Gasteiger partial charge in [0.05, 0.1) is 5.56 Å². The first-order chi connectivity index (χ1) is 14.3. The van der Waals surface area contributed by atoms with Crippen molar-refractivity contribution in [3.8, 4) is 5.75 Å². The van der Waals surface area contributed by atoms with Crippen LogP contribution in [0.3, 0.4) is 0 Å². The minimum atomic E-state index is -0.670. The summed E-state index contributed by atoms with van der Waals surface area (Å²) >= 11 is 0. The number of esters is 1. The molecule has 1 aliphatic rings. The summed E-state index contributed by atoms with van der Waals surface area (Å²) < 4.78 is 17.0. The van der Waals surface area contributed by atoms with Gasteiger partial charge in [-0.05, 0) is 23.3 Å². The second-order valence-electron chi connectivity index (χ2n) is 6.62. The van der Waals surface area contributed by atoms with Crippen LogP contribution in [-0.4, -0.2) is 24.5 Å². The van der Waals surface area contributed by atoms with Crippen LogP contribution >= 0.6 is 0 Å². The maximum atomic E-state index is 12.4. The topological polar surface area (TPSA) is 57.1 Å². The number of ether oxygens (including phenoxy) is 3. The Balaban J connectivity index is 1.41. The molecule has 0 spiro atoms. The number of aliphatic imine (C=N–C) groups is 1. The molecule has 0 radical (unpaired) electrons. The highest BCUT2D eigenvalue weighted by Gasteiger charge is 2.29. The molecule has 0 bridgehead atoms. The van der Waals surface area contributed by atoms with E-state index in [0.29, 0.717) is 18.3 Å². The van der Waals surface area contributed by atoms with Crippen molar-refractivity contribution < 1.29 is 19.0 Å². The summed E-state index contributed by atoms with van der Waals surface area (Å²) in [6.07, 6.45) is 0. The van der Waals surface area contributed by atoms with Gasteiger partial charge in [-0.25, -0.2) is 9.79 Å². The molecule has 146 valence electrons. The van der Waals surface area contributed by atoms with Crippen molar-refractivity contribution in [1.29, 1.82) is 0 Å². The van der Waals surface area contributed by atoms with Crippen LogP contribution in [0, 0.1) is 0 Å². The average Bonchev–Trinajstić information content (AvgIpc) is 3.28. The fraction of sp³-hybridized carbons (Fsp3) is 0.167. The molecule has 5 nitrogen and oxygen atoms in total. The Bertz CT molecular complexity index is 986. The molecule has 0 unspecified atom stereocenters. The SMILES string of the molecule is O=C(OCc1ccccc1)[C@@H]1COC(c2ccccc2OCc2ccccc2)=N1. The molecule has 0 saturated heterocycles. The Hall–Kier alpha value is -3.60. The Morgan fingerprint density at radius 3 is 2.21 bits per heavy atom. The monoisotopic (exact) mass is 387 g/mol. The first kappa shape index (κ1) is 18.7. The van der Waals surface area contributed by atoms with E-state index in [-0.39, 0.29) is 13.2 Å². The summed E-state index contributed by atoms with van der Waals surface area (Å²) in [4.78, 5) is 16.8. The second-order valence-corrected chi connectivity index (χ2v) is 6.62. The van der Waals surface area contributed by atoms with E-state index < -0.39 is 12.0 Å². The van der Waals surface area contributed by atoms with Crippen molar-refractivity contribution in [2.45, 2.75) is 19.3 Å².